The van der Waals surface area contributed by atoms with Gasteiger partial charge in [0.2, 0.25) is 5.91 Å². The summed E-state index contributed by atoms with van der Waals surface area (Å²) in [5.41, 5.74) is 1.21. The van der Waals surface area contributed by atoms with Crippen molar-refractivity contribution in [2.75, 3.05) is 20.6 Å². The number of benzene rings is 1. The third-order valence-corrected chi connectivity index (χ3v) is 6.22. The molecule has 160 valence electrons. The maximum atomic E-state index is 14.6. The summed E-state index contributed by atoms with van der Waals surface area (Å²) in [4.78, 5) is 33.8. The van der Waals surface area contributed by atoms with Crippen LogP contribution in [-0.2, 0) is 17.9 Å². The van der Waals surface area contributed by atoms with Gasteiger partial charge in [0.1, 0.15) is 17.7 Å². The molecule has 9 heteroatoms. The maximum Gasteiger partial charge on any atom is 0.272 e. The predicted molar refractivity (Wildman–Crippen MR) is 112 cm³/mol. The molecule has 1 aromatic carbocycles. The van der Waals surface area contributed by atoms with Crippen molar-refractivity contribution in [3.63, 3.8) is 0 Å². The quantitative estimate of drug-likeness (QED) is 0.807. The van der Waals surface area contributed by atoms with Crippen molar-refractivity contribution in [1.82, 2.24) is 24.7 Å². The molecular formula is C21H25ClFN5O2. The van der Waals surface area contributed by atoms with Crippen molar-refractivity contribution in [3.05, 3.63) is 40.4 Å². The van der Waals surface area contributed by atoms with Crippen LogP contribution in [-0.4, -0.2) is 63.9 Å². The summed E-state index contributed by atoms with van der Waals surface area (Å²) in [5, 5.41) is 3.23. The summed E-state index contributed by atoms with van der Waals surface area (Å²) in [6, 6.07) is 3.79. The molecule has 1 aromatic heterocycles. The van der Waals surface area contributed by atoms with Crippen LogP contribution >= 0.6 is 11.6 Å². The molecule has 0 spiro atoms. The Morgan fingerprint density at radius 1 is 1.30 bits per heavy atom. The fraction of sp³-hybridized carbons (Fsp3) is 0.476. The molecule has 2 aliphatic rings. The van der Waals surface area contributed by atoms with Crippen LogP contribution < -0.4 is 5.32 Å². The molecule has 1 fully saturated rings. The number of nitrogens with one attached hydrogen (secondary N) is 1. The van der Waals surface area contributed by atoms with Crippen LogP contribution in [0.3, 0.4) is 0 Å². The van der Waals surface area contributed by atoms with Crippen molar-refractivity contribution in [2.24, 2.45) is 0 Å². The van der Waals surface area contributed by atoms with Crippen molar-refractivity contribution >= 4 is 23.4 Å². The number of likely N-dealkylation sites (N-methyl/N-ethyl adjacent to an activating group) is 1. The average Bonchev–Trinajstić information content (AvgIpc) is 3.07. The number of amides is 2. The monoisotopic (exact) mass is 433 g/mol. The van der Waals surface area contributed by atoms with Crippen LogP contribution in [0.5, 0.6) is 0 Å². The molecule has 3 heterocycles. The molecule has 1 N–H and O–H groups in total. The Kier molecular flexibility index (Phi) is 5.55. The number of imidazole rings is 1. The second-order valence-electron chi connectivity index (χ2n) is 8.16. The highest BCUT2D eigenvalue weighted by Gasteiger charge is 2.37. The number of carbonyl (C=O) groups excluding carboxylic acids is 2. The Balaban J connectivity index is 1.74. The topological polar surface area (TPSA) is 70.5 Å². The van der Waals surface area contributed by atoms with Gasteiger partial charge in [-0.1, -0.05) is 11.6 Å². The Labute approximate surface area is 179 Å². The van der Waals surface area contributed by atoms with E-state index in [0.29, 0.717) is 36.1 Å². The minimum absolute atomic E-state index is 0.0594. The molecule has 2 atom stereocenters. The van der Waals surface area contributed by atoms with Crippen LogP contribution in [0.15, 0.2) is 18.2 Å². The van der Waals surface area contributed by atoms with E-state index in [1.807, 2.05) is 18.5 Å². The normalized spacial score (nSPS) is 22.2. The zero-order valence-corrected chi connectivity index (χ0v) is 18.0. The fourth-order valence-electron chi connectivity index (χ4n) is 4.19. The molecule has 1 unspecified atom stereocenters. The molecule has 7 nitrogen and oxygen atoms in total. The van der Waals surface area contributed by atoms with E-state index in [4.69, 9.17) is 11.6 Å². The van der Waals surface area contributed by atoms with Crippen LogP contribution in [0.1, 0.15) is 35.9 Å². The zero-order chi connectivity index (χ0) is 21.6. The number of aromatic nitrogens is 2. The first-order valence-electron chi connectivity index (χ1n) is 10.1. The van der Waals surface area contributed by atoms with Crippen molar-refractivity contribution < 1.29 is 14.0 Å². The van der Waals surface area contributed by atoms with E-state index in [9.17, 15) is 14.0 Å². The van der Waals surface area contributed by atoms with Crippen LogP contribution in [0.2, 0.25) is 5.02 Å². The summed E-state index contributed by atoms with van der Waals surface area (Å²) in [6.45, 7) is 3.92. The maximum absolute atomic E-state index is 14.6. The van der Waals surface area contributed by atoms with E-state index in [2.05, 4.69) is 15.2 Å². The lowest BCUT2D eigenvalue weighted by molar-refractivity contribution is -0.128. The van der Waals surface area contributed by atoms with Crippen molar-refractivity contribution in [1.29, 1.82) is 0 Å². The summed E-state index contributed by atoms with van der Waals surface area (Å²) in [7, 11) is 3.71. The zero-order valence-electron chi connectivity index (χ0n) is 17.3. The number of fused-ring (bicyclic) bond motifs is 1. The number of hydrogen-bond donors (Lipinski definition) is 1. The Morgan fingerprint density at radius 3 is 2.77 bits per heavy atom. The SMILES string of the molecule is CC1C[C@H](NC(=O)c2nc(-c3cc(Cl)ccc3F)n3c2CN(C)CCC3)C(=O)N1C. The smallest absolute Gasteiger partial charge is 0.272 e. The molecule has 30 heavy (non-hydrogen) atoms. The van der Waals surface area contributed by atoms with Gasteiger partial charge in [-0.2, -0.15) is 0 Å². The molecule has 0 saturated carbocycles. The van der Waals surface area contributed by atoms with Gasteiger partial charge in [-0.3, -0.25) is 9.59 Å². The highest BCUT2D eigenvalue weighted by atomic mass is 35.5. The Hall–Kier alpha value is -2.45. The van der Waals surface area contributed by atoms with Crippen LogP contribution in [0.25, 0.3) is 11.4 Å². The average molecular weight is 434 g/mol. The highest BCUT2D eigenvalue weighted by Crippen LogP contribution is 2.30. The van der Waals surface area contributed by atoms with Crippen molar-refractivity contribution in [2.45, 2.75) is 44.9 Å². The molecular weight excluding hydrogens is 409 g/mol. The van der Waals surface area contributed by atoms with Gasteiger partial charge < -0.3 is 19.7 Å². The molecule has 0 radical (unpaired) electrons. The molecule has 2 aromatic rings. The van der Waals surface area contributed by atoms with Gasteiger partial charge in [0.25, 0.3) is 5.91 Å². The second kappa shape index (κ2) is 8.00. The van der Waals surface area contributed by atoms with Crippen LogP contribution in [0, 0.1) is 5.82 Å². The van der Waals surface area contributed by atoms with E-state index >= 15 is 0 Å². The number of likely N-dealkylation sites (tertiary alicyclic amines) is 1. The van der Waals surface area contributed by atoms with Gasteiger partial charge >= 0.3 is 0 Å². The highest BCUT2D eigenvalue weighted by molar-refractivity contribution is 6.30. The number of halogens is 2. The van der Waals surface area contributed by atoms with E-state index in [1.165, 1.54) is 18.2 Å². The lowest BCUT2D eigenvalue weighted by atomic mass is 10.2. The molecule has 0 bridgehead atoms. The first kappa shape index (κ1) is 20.8. The third-order valence-electron chi connectivity index (χ3n) is 5.99. The van der Waals surface area contributed by atoms with Gasteiger partial charge in [0.05, 0.1) is 11.3 Å². The number of nitrogens with zero attached hydrogens (tertiary/aromatic N) is 4. The van der Waals surface area contributed by atoms with Gasteiger partial charge in [-0.25, -0.2) is 9.37 Å². The molecule has 2 amide bonds. The molecule has 1 saturated heterocycles. The lowest BCUT2D eigenvalue weighted by Gasteiger charge is -2.15. The van der Waals surface area contributed by atoms with E-state index in [0.717, 1.165) is 13.0 Å². The first-order chi connectivity index (χ1) is 14.3. The second-order valence-corrected chi connectivity index (χ2v) is 8.59. The summed E-state index contributed by atoms with van der Waals surface area (Å²) in [5.74, 6) is -0.588. The fourth-order valence-corrected chi connectivity index (χ4v) is 4.36. The third kappa shape index (κ3) is 3.70. The Bertz CT molecular complexity index is 1010. The van der Waals surface area contributed by atoms with Gasteiger partial charge in [0.15, 0.2) is 5.69 Å². The standard InChI is InChI=1S/C21H25ClFN5O2/c1-12-9-16(21(30)27(12)3)24-20(29)18-17-11-26(2)7-4-8-28(17)19(25-18)14-10-13(22)5-6-15(14)23/h5-6,10,12,16H,4,7-9,11H2,1-3H3,(H,24,29)/t12?,16-/m0/s1. The van der Waals surface area contributed by atoms with Crippen molar-refractivity contribution in [3.8, 4) is 11.4 Å². The first-order valence-corrected chi connectivity index (χ1v) is 10.4. The number of carbonyl (C=O) groups is 2. The van der Waals surface area contributed by atoms with E-state index < -0.39 is 17.8 Å². The van der Waals surface area contributed by atoms with Crippen LogP contribution in [0.4, 0.5) is 4.39 Å². The van der Waals surface area contributed by atoms with E-state index in [1.54, 1.807) is 11.9 Å². The number of hydrogen-bond acceptors (Lipinski definition) is 4. The summed E-state index contributed by atoms with van der Waals surface area (Å²) in [6.07, 6.45) is 1.40. The molecule has 2 aliphatic heterocycles. The number of rotatable bonds is 3. The molecule has 0 aliphatic carbocycles. The predicted octanol–water partition coefficient (Wildman–Crippen LogP) is 2.53. The minimum atomic E-state index is -0.579. The largest absolute Gasteiger partial charge is 0.341 e. The minimum Gasteiger partial charge on any atom is -0.341 e. The summed E-state index contributed by atoms with van der Waals surface area (Å²) < 4.78 is 16.5. The Morgan fingerprint density at radius 2 is 2.07 bits per heavy atom. The summed E-state index contributed by atoms with van der Waals surface area (Å²) >= 11 is 6.10. The van der Waals surface area contributed by atoms with E-state index in [-0.39, 0.29) is 23.2 Å². The van der Waals surface area contributed by atoms with Gasteiger partial charge in [-0.15, -0.1) is 0 Å². The molecule has 4 rings (SSSR count). The lowest BCUT2D eigenvalue weighted by Crippen LogP contribution is -2.41. The van der Waals surface area contributed by atoms with Gasteiger partial charge in [0, 0.05) is 31.2 Å². The van der Waals surface area contributed by atoms with Gasteiger partial charge in [-0.05, 0) is 51.6 Å².